The average molecular weight is 469 g/mol. The van der Waals surface area contributed by atoms with Crippen molar-refractivity contribution >= 4 is 21.6 Å². The molecule has 33 heavy (non-hydrogen) atoms. The smallest absolute Gasteiger partial charge is 0.264 e. The van der Waals surface area contributed by atoms with E-state index >= 15 is 0 Å². The number of benzene rings is 3. The van der Waals surface area contributed by atoms with Crippen molar-refractivity contribution in [3.05, 3.63) is 83.9 Å². The van der Waals surface area contributed by atoms with Gasteiger partial charge in [-0.15, -0.1) is 0 Å². The second kappa shape index (κ2) is 10.9. The fraction of sp³-hybridized carbons (Fsp3) is 0.240. The van der Waals surface area contributed by atoms with Crippen LogP contribution < -0.4 is 19.1 Å². The van der Waals surface area contributed by atoms with Crippen LogP contribution in [0.25, 0.3) is 0 Å². The van der Waals surface area contributed by atoms with Gasteiger partial charge < -0.3 is 14.8 Å². The molecule has 0 aliphatic rings. The zero-order chi connectivity index (χ0) is 23.8. The fourth-order valence-corrected chi connectivity index (χ4v) is 4.65. The second-order valence-electron chi connectivity index (χ2n) is 7.47. The van der Waals surface area contributed by atoms with Crippen molar-refractivity contribution in [2.45, 2.75) is 18.2 Å². The molecule has 3 aromatic carbocycles. The van der Waals surface area contributed by atoms with Crippen LogP contribution in [0.3, 0.4) is 0 Å². The number of carbonyl (C=O) groups is 1. The first-order valence-electron chi connectivity index (χ1n) is 10.5. The Balaban J connectivity index is 1.74. The standard InChI is InChI=1S/C25H28N2O5S/c1-19-4-8-21(9-5-19)27(33(29,30)24-14-12-23(32-3)13-15-24)18-25(28)26-17-16-20-6-10-22(31-2)11-7-20/h4-15H,16-18H2,1-3H3,(H,26,28). The van der Waals surface area contributed by atoms with Crippen molar-refractivity contribution in [3.63, 3.8) is 0 Å². The van der Waals surface area contributed by atoms with E-state index in [4.69, 9.17) is 9.47 Å². The molecular formula is C25H28N2O5S. The Kier molecular flexibility index (Phi) is 7.95. The van der Waals surface area contributed by atoms with E-state index in [9.17, 15) is 13.2 Å². The van der Waals surface area contributed by atoms with E-state index in [1.54, 1.807) is 31.4 Å². The van der Waals surface area contributed by atoms with Crippen molar-refractivity contribution in [1.82, 2.24) is 5.32 Å². The summed E-state index contributed by atoms with van der Waals surface area (Å²) < 4.78 is 38.2. The molecule has 1 amide bonds. The number of aryl methyl sites for hydroxylation is 1. The van der Waals surface area contributed by atoms with Gasteiger partial charge in [0, 0.05) is 6.54 Å². The third kappa shape index (κ3) is 6.26. The lowest BCUT2D eigenvalue weighted by Gasteiger charge is -2.24. The topological polar surface area (TPSA) is 84.9 Å². The number of anilines is 1. The van der Waals surface area contributed by atoms with Gasteiger partial charge in [-0.1, -0.05) is 29.8 Å². The van der Waals surface area contributed by atoms with Gasteiger partial charge in [0.05, 0.1) is 24.8 Å². The highest BCUT2D eigenvalue weighted by atomic mass is 32.2. The number of hydrogen-bond donors (Lipinski definition) is 1. The zero-order valence-corrected chi connectivity index (χ0v) is 19.8. The molecule has 0 saturated carbocycles. The minimum atomic E-state index is -3.97. The molecule has 7 nitrogen and oxygen atoms in total. The first-order valence-corrected chi connectivity index (χ1v) is 11.9. The van der Waals surface area contributed by atoms with Gasteiger partial charge in [0.15, 0.2) is 0 Å². The molecule has 0 saturated heterocycles. The van der Waals surface area contributed by atoms with E-state index in [2.05, 4.69) is 5.32 Å². The van der Waals surface area contributed by atoms with Gasteiger partial charge in [-0.05, 0) is 67.4 Å². The number of methoxy groups -OCH3 is 2. The summed E-state index contributed by atoms with van der Waals surface area (Å²) in [5, 5.41) is 2.82. The maximum absolute atomic E-state index is 13.4. The van der Waals surface area contributed by atoms with Gasteiger partial charge in [0.25, 0.3) is 10.0 Å². The lowest BCUT2D eigenvalue weighted by molar-refractivity contribution is -0.119. The van der Waals surface area contributed by atoms with Gasteiger partial charge in [-0.25, -0.2) is 8.42 Å². The molecule has 3 aromatic rings. The summed E-state index contributed by atoms with van der Waals surface area (Å²) in [4.78, 5) is 12.8. The molecule has 8 heteroatoms. The van der Waals surface area contributed by atoms with Gasteiger partial charge in [0.1, 0.15) is 18.0 Å². The highest BCUT2D eigenvalue weighted by Crippen LogP contribution is 2.25. The molecule has 174 valence electrons. The van der Waals surface area contributed by atoms with Gasteiger partial charge >= 0.3 is 0 Å². The largest absolute Gasteiger partial charge is 0.497 e. The van der Waals surface area contributed by atoms with Crippen LogP contribution in [0.2, 0.25) is 0 Å². The molecule has 0 spiro atoms. The normalized spacial score (nSPS) is 11.0. The molecule has 0 heterocycles. The first kappa shape index (κ1) is 24.1. The Hall–Kier alpha value is -3.52. The number of amides is 1. The average Bonchev–Trinajstić information content (AvgIpc) is 2.83. The number of ether oxygens (including phenoxy) is 2. The molecule has 1 N–H and O–H groups in total. The van der Waals surface area contributed by atoms with Crippen LogP contribution in [0.4, 0.5) is 5.69 Å². The van der Waals surface area contributed by atoms with Crippen molar-refractivity contribution in [2.24, 2.45) is 0 Å². The SMILES string of the molecule is COc1ccc(CCNC(=O)CN(c2ccc(C)cc2)S(=O)(=O)c2ccc(OC)cc2)cc1. The van der Waals surface area contributed by atoms with Crippen LogP contribution >= 0.6 is 0 Å². The van der Waals surface area contributed by atoms with Crippen molar-refractivity contribution < 1.29 is 22.7 Å². The molecule has 3 rings (SSSR count). The third-order valence-electron chi connectivity index (χ3n) is 5.15. The molecule has 0 atom stereocenters. The predicted octanol–water partition coefficient (Wildman–Crippen LogP) is 3.57. The highest BCUT2D eigenvalue weighted by Gasteiger charge is 2.27. The molecule has 0 unspecified atom stereocenters. The Morgan fingerprint density at radius 2 is 1.39 bits per heavy atom. The van der Waals surface area contributed by atoms with E-state index in [0.29, 0.717) is 24.4 Å². The molecule has 0 bridgehead atoms. The van der Waals surface area contributed by atoms with E-state index in [-0.39, 0.29) is 17.3 Å². The molecule has 0 fully saturated rings. The summed E-state index contributed by atoms with van der Waals surface area (Å²) in [7, 11) is -0.850. The van der Waals surface area contributed by atoms with E-state index in [1.165, 1.54) is 19.2 Å². The lowest BCUT2D eigenvalue weighted by atomic mass is 10.1. The van der Waals surface area contributed by atoms with Crippen LogP contribution in [0.15, 0.2) is 77.7 Å². The second-order valence-corrected chi connectivity index (χ2v) is 9.33. The summed E-state index contributed by atoms with van der Waals surface area (Å²) in [6, 6.07) is 20.7. The quantitative estimate of drug-likeness (QED) is 0.492. The van der Waals surface area contributed by atoms with Crippen molar-refractivity contribution in [1.29, 1.82) is 0 Å². The molecular weight excluding hydrogens is 440 g/mol. The highest BCUT2D eigenvalue weighted by molar-refractivity contribution is 7.92. The summed E-state index contributed by atoms with van der Waals surface area (Å²) in [5.74, 6) is 0.925. The van der Waals surface area contributed by atoms with E-state index < -0.39 is 10.0 Å². The van der Waals surface area contributed by atoms with Crippen LogP contribution in [0, 0.1) is 6.92 Å². The number of nitrogens with one attached hydrogen (secondary N) is 1. The van der Waals surface area contributed by atoms with Crippen molar-refractivity contribution in [2.75, 3.05) is 31.6 Å². The Morgan fingerprint density at radius 3 is 1.94 bits per heavy atom. The minimum Gasteiger partial charge on any atom is -0.497 e. The van der Waals surface area contributed by atoms with Gasteiger partial charge in [-0.3, -0.25) is 9.10 Å². The molecule has 0 aliphatic heterocycles. The summed E-state index contributed by atoms with van der Waals surface area (Å²) in [6.45, 7) is 1.97. The number of carbonyl (C=O) groups excluding carboxylic acids is 1. The number of sulfonamides is 1. The van der Waals surface area contributed by atoms with E-state index in [0.717, 1.165) is 21.2 Å². The molecule has 0 aliphatic carbocycles. The Morgan fingerprint density at radius 1 is 0.848 bits per heavy atom. The molecule has 0 radical (unpaired) electrons. The first-order chi connectivity index (χ1) is 15.8. The summed E-state index contributed by atoms with van der Waals surface area (Å²) in [5.41, 5.74) is 2.45. The van der Waals surface area contributed by atoms with Gasteiger partial charge in [0.2, 0.25) is 5.91 Å². The number of nitrogens with zero attached hydrogens (tertiary/aromatic N) is 1. The van der Waals surface area contributed by atoms with Crippen LogP contribution in [0.1, 0.15) is 11.1 Å². The maximum Gasteiger partial charge on any atom is 0.264 e. The van der Waals surface area contributed by atoms with E-state index in [1.807, 2.05) is 43.3 Å². The fourth-order valence-electron chi connectivity index (χ4n) is 3.23. The van der Waals surface area contributed by atoms with Crippen molar-refractivity contribution in [3.8, 4) is 11.5 Å². The number of hydrogen-bond acceptors (Lipinski definition) is 5. The zero-order valence-electron chi connectivity index (χ0n) is 18.9. The lowest BCUT2D eigenvalue weighted by Crippen LogP contribution is -2.41. The monoisotopic (exact) mass is 468 g/mol. The molecule has 0 aromatic heterocycles. The van der Waals surface area contributed by atoms with Crippen LogP contribution in [-0.2, 0) is 21.2 Å². The van der Waals surface area contributed by atoms with Gasteiger partial charge in [-0.2, -0.15) is 0 Å². The Bertz CT molecular complexity index is 1160. The van der Waals surface area contributed by atoms with Crippen LogP contribution in [-0.4, -0.2) is 41.6 Å². The minimum absolute atomic E-state index is 0.0786. The third-order valence-corrected chi connectivity index (χ3v) is 6.94. The Labute approximate surface area is 195 Å². The summed E-state index contributed by atoms with van der Waals surface area (Å²) >= 11 is 0. The van der Waals surface area contributed by atoms with Crippen LogP contribution in [0.5, 0.6) is 11.5 Å². The summed E-state index contributed by atoms with van der Waals surface area (Å²) in [6.07, 6.45) is 0.617. The maximum atomic E-state index is 13.4. The number of rotatable bonds is 10. The predicted molar refractivity (Wildman–Crippen MR) is 128 cm³/mol.